The Morgan fingerprint density at radius 3 is 2.56 bits per heavy atom. The fourth-order valence-electron chi connectivity index (χ4n) is 1.29. The first-order valence-corrected chi connectivity index (χ1v) is 6.35. The van der Waals surface area contributed by atoms with E-state index >= 15 is 0 Å². The summed E-state index contributed by atoms with van der Waals surface area (Å²) in [4.78, 5) is 11.2. The lowest BCUT2D eigenvalue weighted by atomic mass is 10.1. The SMILES string of the molecule is NCCS[C@@](S)(Cc1ccccc1)C(=O)O. The van der Waals surface area contributed by atoms with E-state index < -0.39 is 10.0 Å². The Morgan fingerprint density at radius 2 is 2.06 bits per heavy atom. The standard InChI is InChI=1S/C11H15NO2S2/c12-6-7-16-11(15,10(13)14)8-9-4-2-1-3-5-9/h1-5,15H,6-8,12H2,(H,13,14)/t11-/m0/s1. The minimum Gasteiger partial charge on any atom is -0.480 e. The maximum atomic E-state index is 11.2. The lowest BCUT2D eigenvalue weighted by Crippen LogP contribution is -2.32. The number of benzene rings is 1. The summed E-state index contributed by atoms with van der Waals surface area (Å²) in [6, 6.07) is 9.48. The average molecular weight is 257 g/mol. The third kappa shape index (κ3) is 3.73. The van der Waals surface area contributed by atoms with E-state index in [-0.39, 0.29) is 0 Å². The lowest BCUT2D eigenvalue weighted by Gasteiger charge is -2.23. The first kappa shape index (κ1) is 13.4. The molecule has 1 atom stereocenters. The second-order valence-corrected chi connectivity index (χ2v) is 5.85. The number of aliphatic carboxylic acids is 1. The van der Waals surface area contributed by atoms with Gasteiger partial charge in [0.05, 0.1) is 0 Å². The molecule has 0 bridgehead atoms. The molecule has 0 amide bonds. The maximum Gasteiger partial charge on any atom is 0.330 e. The molecule has 0 aromatic heterocycles. The van der Waals surface area contributed by atoms with Crippen molar-refractivity contribution in [3.8, 4) is 0 Å². The molecule has 0 aliphatic carbocycles. The molecule has 0 unspecified atom stereocenters. The van der Waals surface area contributed by atoms with Crippen molar-refractivity contribution in [2.75, 3.05) is 12.3 Å². The molecule has 0 fully saturated rings. The van der Waals surface area contributed by atoms with Crippen LogP contribution in [0.25, 0.3) is 0 Å². The van der Waals surface area contributed by atoms with Crippen molar-refractivity contribution in [3.05, 3.63) is 35.9 Å². The number of thioether (sulfide) groups is 1. The topological polar surface area (TPSA) is 63.3 Å². The fourth-order valence-corrected chi connectivity index (χ4v) is 2.59. The number of carbonyl (C=O) groups is 1. The average Bonchev–Trinajstić information content (AvgIpc) is 2.27. The van der Waals surface area contributed by atoms with Crippen molar-refractivity contribution >= 4 is 30.4 Å². The van der Waals surface area contributed by atoms with Gasteiger partial charge in [0.25, 0.3) is 0 Å². The van der Waals surface area contributed by atoms with E-state index in [1.165, 1.54) is 11.8 Å². The first-order chi connectivity index (χ1) is 7.58. The Hall–Kier alpha value is -0.650. The summed E-state index contributed by atoms with van der Waals surface area (Å²) in [5.74, 6) is -0.332. The van der Waals surface area contributed by atoms with Crippen molar-refractivity contribution in [1.82, 2.24) is 0 Å². The molecule has 1 aromatic carbocycles. The fraction of sp³-hybridized carbons (Fsp3) is 0.364. The molecular formula is C11H15NO2S2. The molecule has 16 heavy (non-hydrogen) atoms. The number of carboxylic acid groups (broad SMARTS) is 1. The van der Waals surface area contributed by atoms with Gasteiger partial charge in [-0.15, -0.1) is 24.4 Å². The number of carboxylic acids is 1. The van der Waals surface area contributed by atoms with Crippen LogP contribution in [0.5, 0.6) is 0 Å². The van der Waals surface area contributed by atoms with Gasteiger partial charge in [-0.1, -0.05) is 30.3 Å². The van der Waals surface area contributed by atoms with Crippen molar-refractivity contribution in [2.24, 2.45) is 5.73 Å². The van der Waals surface area contributed by atoms with Gasteiger partial charge in [-0.05, 0) is 5.56 Å². The summed E-state index contributed by atoms with van der Waals surface area (Å²) in [7, 11) is 0. The van der Waals surface area contributed by atoms with E-state index in [1.807, 2.05) is 30.3 Å². The van der Waals surface area contributed by atoms with Gasteiger partial charge in [0.1, 0.15) is 0 Å². The molecule has 0 aliphatic heterocycles. The molecule has 1 aromatic rings. The molecule has 3 nitrogen and oxygen atoms in total. The quantitative estimate of drug-likeness (QED) is 0.535. The molecule has 0 radical (unpaired) electrons. The van der Waals surface area contributed by atoms with Gasteiger partial charge in [0, 0.05) is 18.7 Å². The maximum absolute atomic E-state index is 11.2. The van der Waals surface area contributed by atoms with Crippen LogP contribution in [-0.4, -0.2) is 27.5 Å². The summed E-state index contributed by atoms with van der Waals surface area (Å²) >= 11 is 5.53. The molecule has 5 heteroatoms. The highest BCUT2D eigenvalue weighted by Gasteiger charge is 2.34. The molecule has 3 N–H and O–H groups in total. The molecule has 1 rings (SSSR count). The second kappa shape index (κ2) is 6.18. The third-order valence-corrected chi connectivity index (χ3v) is 4.05. The van der Waals surface area contributed by atoms with Crippen LogP contribution in [0.1, 0.15) is 5.56 Å². The van der Waals surface area contributed by atoms with E-state index in [4.69, 9.17) is 5.73 Å². The van der Waals surface area contributed by atoms with E-state index in [9.17, 15) is 9.90 Å². The van der Waals surface area contributed by atoms with Gasteiger partial charge >= 0.3 is 5.97 Å². The zero-order valence-corrected chi connectivity index (χ0v) is 10.5. The van der Waals surface area contributed by atoms with Crippen LogP contribution < -0.4 is 5.73 Å². The molecule has 0 spiro atoms. The summed E-state index contributed by atoms with van der Waals surface area (Å²) in [5.41, 5.74) is 6.34. The largest absolute Gasteiger partial charge is 0.480 e. The molecule has 0 heterocycles. The van der Waals surface area contributed by atoms with Crippen LogP contribution in [0.15, 0.2) is 30.3 Å². The van der Waals surface area contributed by atoms with Gasteiger partial charge in [0.15, 0.2) is 4.08 Å². The number of nitrogens with two attached hydrogens (primary N) is 1. The van der Waals surface area contributed by atoms with Crippen LogP contribution in [0.4, 0.5) is 0 Å². The molecule has 0 saturated heterocycles. The predicted octanol–water partition coefficient (Wildman–Crippen LogP) is 1.63. The van der Waals surface area contributed by atoms with E-state index in [1.54, 1.807) is 0 Å². The Bertz CT molecular complexity index is 345. The van der Waals surface area contributed by atoms with Crippen molar-refractivity contribution < 1.29 is 9.90 Å². The highest BCUT2D eigenvalue weighted by Crippen LogP contribution is 2.33. The monoisotopic (exact) mass is 257 g/mol. The zero-order valence-electron chi connectivity index (χ0n) is 8.80. The number of rotatable bonds is 6. The lowest BCUT2D eigenvalue weighted by molar-refractivity contribution is -0.137. The van der Waals surface area contributed by atoms with E-state index in [2.05, 4.69) is 12.6 Å². The first-order valence-electron chi connectivity index (χ1n) is 4.92. The Balaban J connectivity index is 2.75. The van der Waals surface area contributed by atoms with Crippen LogP contribution >= 0.6 is 24.4 Å². The van der Waals surface area contributed by atoms with Gasteiger partial charge in [-0.25, -0.2) is 4.79 Å². The van der Waals surface area contributed by atoms with E-state index in [0.717, 1.165) is 5.56 Å². The van der Waals surface area contributed by atoms with Crippen LogP contribution in [0.2, 0.25) is 0 Å². The summed E-state index contributed by atoms with van der Waals surface area (Å²) < 4.78 is -1.10. The Kier molecular flexibility index (Phi) is 5.18. The minimum atomic E-state index is -1.10. The highest BCUT2D eigenvalue weighted by atomic mass is 32.2. The smallest absolute Gasteiger partial charge is 0.330 e. The second-order valence-electron chi connectivity index (χ2n) is 3.39. The normalized spacial score (nSPS) is 14.4. The summed E-state index contributed by atoms with van der Waals surface area (Å²) in [6.45, 7) is 0.453. The summed E-state index contributed by atoms with van der Waals surface area (Å²) in [6.07, 6.45) is 0.386. The molecule has 0 aliphatic rings. The Morgan fingerprint density at radius 1 is 1.44 bits per heavy atom. The number of thiol groups is 1. The van der Waals surface area contributed by atoms with Gasteiger partial charge in [-0.3, -0.25) is 0 Å². The zero-order chi connectivity index (χ0) is 12.0. The number of hydrogen-bond donors (Lipinski definition) is 3. The summed E-state index contributed by atoms with van der Waals surface area (Å²) in [5, 5.41) is 9.18. The van der Waals surface area contributed by atoms with Crippen LogP contribution in [0.3, 0.4) is 0 Å². The molecule has 88 valence electrons. The Labute approximate surface area is 105 Å². The van der Waals surface area contributed by atoms with Crippen molar-refractivity contribution in [2.45, 2.75) is 10.5 Å². The van der Waals surface area contributed by atoms with Crippen molar-refractivity contribution in [1.29, 1.82) is 0 Å². The third-order valence-electron chi connectivity index (χ3n) is 2.08. The van der Waals surface area contributed by atoms with Gasteiger partial charge in [0.2, 0.25) is 0 Å². The molecule has 0 saturated carbocycles. The van der Waals surface area contributed by atoms with E-state index in [0.29, 0.717) is 18.7 Å². The van der Waals surface area contributed by atoms with Crippen LogP contribution in [-0.2, 0) is 11.2 Å². The van der Waals surface area contributed by atoms with Gasteiger partial charge < -0.3 is 10.8 Å². The number of hydrogen-bond acceptors (Lipinski definition) is 4. The van der Waals surface area contributed by atoms with Gasteiger partial charge in [-0.2, -0.15) is 0 Å². The minimum absolute atomic E-state index is 0.386. The van der Waals surface area contributed by atoms with Crippen molar-refractivity contribution in [3.63, 3.8) is 0 Å². The predicted molar refractivity (Wildman–Crippen MR) is 71.0 cm³/mol. The molecular weight excluding hydrogens is 242 g/mol. The highest BCUT2D eigenvalue weighted by molar-refractivity contribution is 8.12. The van der Waals surface area contributed by atoms with Crippen LogP contribution in [0, 0.1) is 0 Å².